The second-order valence-corrected chi connectivity index (χ2v) is 1.93. The predicted octanol–water partition coefficient (Wildman–Crippen LogP) is -1.40. The monoisotopic (exact) mass is 161 g/mol. The van der Waals surface area contributed by atoms with Crippen LogP contribution in [0.3, 0.4) is 0 Å². The van der Waals surface area contributed by atoms with Crippen LogP contribution in [-0.4, -0.2) is 37.5 Å². The van der Waals surface area contributed by atoms with Crippen LogP contribution in [0.15, 0.2) is 0 Å². The molecule has 0 aromatic carbocycles. The molecular weight excluding hydrogens is 150 g/mol. The molecule has 0 aliphatic heterocycles. The van der Waals surface area contributed by atoms with E-state index in [0.717, 1.165) is 0 Å². The van der Waals surface area contributed by atoms with Crippen LogP contribution < -0.4 is 10.6 Å². The Bertz CT molecular complexity index is 139. The highest BCUT2D eigenvalue weighted by Gasteiger charge is 2.10. The summed E-state index contributed by atoms with van der Waals surface area (Å²) < 4.78 is 0. The first-order valence-corrected chi connectivity index (χ1v) is 3.16. The molecule has 0 aromatic rings. The molecule has 1 unspecified atom stereocenters. The van der Waals surface area contributed by atoms with Gasteiger partial charge in [-0.15, -0.1) is 0 Å². The van der Waals surface area contributed by atoms with E-state index in [4.69, 9.17) is 0 Å². The smallest absolute Gasteiger partial charge is 0.231 e. The number of nitrogens with zero attached hydrogens (tertiary/aromatic N) is 1. The van der Waals surface area contributed by atoms with Crippen molar-refractivity contribution in [1.82, 2.24) is 10.6 Å². The van der Waals surface area contributed by atoms with Crippen LogP contribution in [0.4, 0.5) is 0 Å². The lowest BCUT2D eigenvalue weighted by Crippen LogP contribution is -2.45. The minimum absolute atomic E-state index is 0.124. The zero-order chi connectivity index (χ0) is 8.69. The van der Waals surface area contributed by atoms with Crippen LogP contribution in [0.2, 0.25) is 0 Å². The third-order valence-electron chi connectivity index (χ3n) is 1.13. The van der Waals surface area contributed by atoms with Gasteiger partial charge in [-0.1, -0.05) is 0 Å². The van der Waals surface area contributed by atoms with Gasteiger partial charge < -0.3 is 4.79 Å². The lowest BCUT2D eigenvalue weighted by Gasteiger charge is -2.10. The summed E-state index contributed by atoms with van der Waals surface area (Å²) in [7, 11) is 1.59. The minimum Gasteiger partial charge on any atom is -0.302 e. The number of hydrogen-bond donors (Lipinski definition) is 2. The number of aldehydes is 1. The standard InChI is InChI=1S/C5H11N3O3/c1-6-5(4-8(10)11)7-2-3-9/h3,5-7H,2,4H2,1H3. The Balaban J connectivity index is 3.57. The second kappa shape index (κ2) is 5.75. The van der Waals surface area contributed by atoms with E-state index in [9.17, 15) is 14.9 Å². The van der Waals surface area contributed by atoms with Crippen molar-refractivity contribution in [3.63, 3.8) is 0 Å². The van der Waals surface area contributed by atoms with E-state index in [0.29, 0.717) is 6.29 Å². The summed E-state index contributed by atoms with van der Waals surface area (Å²) in [5.74, 6) is 0. The van der Waals surface area contributed by atoms with Gasteiger partial charge in [0.05, 0.1) is 6.54 Å². The average Bonchev–Trinajstić information content (AvgIpc) is 1.97. The summed E-state index contributed by atoms with van der Waals surface area (Å²) in [5.41, 5.74) is 0. The van der Waals surface area contributed by atoms with Crippen molar-refractivity contribution < 1.29 is 9.72 Å². The maximum absolute atomic E-state index is 9.97. The van der Waals surface area contributed by atoms with Gasteiger partial charge in [0.2, 0.25) is 6.54 Å². The fraction of sp³-hybridized carbons (Fsp3) is 0.800. The minimum atomic E-state index is -0.445. The zero-order valence-corrected chi connectivity index (χ0v) is 6.24. The number of likely N-dealkylation sites (N-methyl/N-ethyl adjacent to an activating group) is 1. The van der Waals surface area contributed by atoms with Gasteiger partial charge in [-0.05, 0) is 7.05 Å². The highest BCUT2D eigenvalue weighted by atomic mass is 16.6. The third-order valence-corrected chi connectivity index (χ3v) is 1.13. The maximum atomic E-state index is 9.97. The Morgan fingerprint density at radius 2 is 2.36 bits per heavy atom. The topological polar surface area (TPSA) is 84.3 Å². The number of carbonyl (C=O) groups excluding carboxylic acids is 1. The molecule has 0 aromatic heterocycles. The number of nitro groups is 1. The summed E-state index contributed by atoms with van der Waals surface area (Å²) in [6.45, 7) is -0.107. The van der Waals surface area contributed by atoms with Gasteiger partial charge >= 0.3 is 0 Å². The van der Waals surface area contributed by atoms with Gasteiger partial charge in [-0.3, -0.25) is 20.7 Å². The number of rotatable bonds is 6. The lowest BCUT2D eigenvalue weighted by atomic mass is 10.5. The fourth-order valence-corrected chi connectivity index (χ4v) is 0.597. The van der Waals surface area contributed by atoms with E-state index in [-0.39, 0.29) is 13.1 Å². The SMILES string of the molecule is CNC(C[N+](=O)[O-])NCC=O. The maximum Gasteiger partial charge on any atom is 0.231 e. The number of carbonyl (C=O) groups is 1. The molecule has 0 aliphatic carbocycles. The zero-order valence-electron chi connectivity index (χ0n) is 6.24. The van der Waals surface area contributed by atoms with Crippen molar-refractivity contribution in [2.75, 3.05) is 20.1 Å². The molecule has 0 heterocycles. The third kappa shape index (κ3) is 5.43. The van der Waals surface area contributed by atoms with Crippen LogP contribution in [-0.2, 0) is 4.79 Å². The molecule has 0 aliphatic rings. The molecule has 0 fully saturated rings. The van der Waals surface area contributed by atoms with Crippen LogP contribution in [0.25, 0.3) is 0 Å². The van der Waals surface area contributed by atoms with E-state index in [2.05, 4.69) is 10.6 Å². The first-order chi connectivity index (χ1) is 5.20. The Morgan fingerprint density at radius 1 is 1.73 bits per heavy atom. The van der Waals surface area contributed by atoms with Crippen LogP contribution in [0, 0.1) is 10.1 Å². The lowest BCUT2D eigenvalue weighted by molar-refractivity contribution is -0.484. The van der Waals surface area contributed by atoms with Crippen LogP contribution in [0.1, 0.15) is 0 Å². The summed E-state index contributed by atoms with van der Waals surface area (Å²) in [5, 5.41) is 15.3. The molecule has 0 amide bonds. The summed E-state index contributed by atoms with van der Waals surface area (Å²) in [6, 6.07) is 0. The molecule has 0 bridgehead atoms. The van der Waals surface area contributed by atoms with Gasteiger partial charge in [-0.2, -0.15) is 0 Å². The number of hydrogen-bond acceptors (Lipinski definition) is 5. The normalized spacial score (nSPS) is 12.5. The molecule has 11 heavy (non-hydrogen) atoms. The van der Waals surface area contributed by atoms with Crippen molar-refractivity contribution >= 4 is 6.29 Å². The first kappa shape index (κ1) is 9.99. The first-order valence-electron chi connectivity index (χ1n) is 3.16. The number of nitrogens with one attached hydrogen (secondary N) is 2. The molecular formula is C5H11N3O3. The van der Waals surface area contributed by atoms with Crippen LogP contribution >= 0.6 is 0 Å². The molecule has 6 nitrogen and oxygen atoms in total. The van der Waals surface area contributed by atoms with Gasteiger partial charge in [-0.25, -0.2) is 0 Å². The van der Waals surface area contributed by atoms with E-state index in [1.165, 1.54) is 0 Å². The molecule has 6 heteroatoms. The van der Waals surface area contributed by atoms with Gasteiger partial charge in [0, 0.05) is 4.92 Å². The fourth-order valence-electron chi connectivity index (χ4n) is 0.597. The van der Waals surface area contributed by atoms with Crippen molar-refractivity contribution in [3.05, 3.63) is 10.1 Å². The Kier molecular flexibility index (Phi) is 5.22. The van der Waals surface area contributed by atoms with Crippen molar-refractivity contribution in [3.8, 4) is 0 Å². The molecule has 0 spiro atoms. The quantitative estimate of drug-likeness (QED) is 0.216. The highest BCUT2D eigenvalue weighted by Crippen LogP contribution is 1.76. The molecule has 2 N–H and O–H groups in total. The Labute approximate surface area is 64.1 Å². The average molecular weight is 161 g/mol. The Morgan fingerprint density at radius 3 is 2.73 bits per heavy atom. The molecule has 0 saturated carbocycles. The molecule has 0 saturated heterocycles. The van der Waals surface area contributed by atoms with E-state index < -0.39 is 11.1 Å². The second-order valence-electron chi connectivity index (χ2n) is 1.93. The summed E-state index contributed by atoms with van der Waals surface area (Å²) in [6.07, 6.45) is 0.222. The van der Waals surface area contributed by atoms with E-state index in [1.54, 1.807) is 7.05 Å². The molecule has 64 valence electrons. The van der Waals surface area contributed by atoms with Gasteiger partial charge in [0.15, 0.2) is 0 Å². The van der Waals surface area contributed by atoms with Gasteiger partial charge in [0.25, 0.3) is 0 Å². The summed E-state index contributed by atoms with van der Waals surface area (Å²) in [4.78, 5) is 19.4. The van der Waals surface area contributed by atoms with Crippen molar-refractivity contribution in [1.29, 1.82) is 0 Å². The Hall–Kier alpha value is -1.01. The molecule has 0 rings (SSSR count). The summed E-state index contributed by atoms with van der Waals surface area (Å²) >= 11 is 0. The van der Waals surface area contributed by atoms with Crippen molar-refractivity contribution in [2.45, 2.75) is 6.17 Å². The largest absolute Gasteiger partial charge is 0.302 e. The van der Waals surface area contributed by atoms with Crippen LogP contribution in [0.5, 0.6) is 0 Å². The predicted molar refractivity (Wildman–Crippen MR) is 38.8 cm³/mol. The van der Waals surface area contributed by atoms with E-state index in [1.807, 2.05) is 0 Å². The van der Waals surface area contributed by atoms with Gasteiger partial charge in [0.1, 0.15) is 12.5 Å². The van der Waals surface area contributed by atoms with Crippen molar-refractivity contribution in [2.24, 2.45) is 0 Å². The molecule has 0 radical (unpaired) electrons. The molecule has 1 atom stereocenters. The highest BCUT2D eigenvalue weighted by molar-refractivity contribution is 5.51. The van der Waals surface area contributed by atoms with E-state index >= 15 is 0 Å².